The SMILES string of the molecule is O=C(Nc1ccc2nn(-c3ccccc3)nc2c1)c1ccc(N2CCCC2)c([N+](=O)[O-])c1. The third-order valence-corrected chi connectivity index (χ3v) is 5.51. The van der Waals surface area contributed by atoms with Crippen molar-refractivity contribution in [1.82, 2.24) is 15.0 Å². The van der Waals surface area contributed by atoms with Crippen LogP contribution in [-0.4, -0.2) is 38.9 Å². The van der Waals surface area contributed by atoms with Crippen molar-refractivity contribution in [3.63, 3.8) is 0 Å². The van der Waals surface area contributed by atoms with Gasteiger partial charge in [0.25, 0.3) is 11.6 Å². The number of rotatable bonds is 5. The smallest absolute Gasteiger partial charge is 0.293 e. The molecule has 9 heteroatoms. The lowest BCUT2D eigenvalue weighted by Gasteiger charge is -2.17. The summed E-state index contributed by atoms with van der Waals surface area (Å²) >= 11 is 0. The van der Waals surface area contributed by atoms with E-state index in [0.717, 1.165) is 31.6 Å². The van der Waals surface area contributed by atoms with E-state index in [1.165, 1.54) is 10.9 Å². The van der Waals surface area contributed by atoms with Crippen LogP contribution in [0.4, 0.5) is 17.1 Å². The Labute approximate surface area is 183 Å². The van der Waals surface area contributed by atoms with Crippen LogP contribution in [0, 0.1) is 10.1 Å². The number of aromatic nitrogens is 3. The maximum atomic E-state index is 12.8. The normalized spacial score (nSPS) is 13.4. The number of hydrogen-bond donors (Lipinski definition) is 1. The van der Waals surface area contributed by atoms with Gasteiger partial charge < -0.3 is 10.2 Å². The van der Waals surface area contributed by atoms with Gasteiger partial charge in [0.2, 0.25) is 0 Å². The van der Waals surface area contributed by atoms with E-state index in [1.54, 1.807) is 30.3 Å². The summed E-state index contributed by atoms with van der Waals surface area (Å²) in [5.74, 6) is -0.420. The van der Waals surface area contributed by atoms with E-state index in [1.807, 2.05) is 35.2 Å². The Hall–Kier alpha value is -4.27. The summed E-state index contributed by atoms with van der Waals surface area (Å²) < 4.78 is 0. The number of nitrogens with zero attached hydrogens (tertiary/aromatic N) is 5. The van der Waals surface area contributed by atoms with Gasteiger partial charge in [0, 0.05) is 30.4 Å². The van der Waals surface area contributed by atoms with Gasteiger partial charge in [-0.3, -0.25) is 14.9 Å². The van der Waals surface area contributed by atoms with Crippen molar-refractivity contribution in [2.24, 2.45) is 0 Å². The fourth-order valence-electron chi connectivity index (χ4n) is 3.91. The third kappa shape index (κ3) is 3.76. The second-order valence-corrected chi connectivity index (χ2v) is 7.64. The molecule has 0 bridgehead atoms. The number of nitro groups is 1. The summed E-state index contributed by atoms with van der Waals surface area (Å²) in [5.41, 5.74) is 3.42. The maximum Gasteiger partial charge on any atom is 0.293 e. The van der Waals surface area contributed by atoms with E-state index >= 15 is 0 Å². The standard InChI is InChI=1S/C23H20N6O3/c30-23(16-8-11-21(22(14-16)29(31)32)27-12-4-5-13-27)24-17-9-10-19-20(15-17)26-28(25-19)18-6-2-1-3-7-18/h1-3,6-11,14-15H,4-5,12-13H2,(H,24,30). The van der Waals surface area contributed by atoms with Crippen molar-refractivity contribution in [3.05, 3.63) is 82.4 Å². The monoisotopic (exact) mass is 428 g/mol. The van der Waals surface area contributed by atoms with E-state index in [4.69, 9.17) is 0 Å². The maximum absolute atomic E-state index is 12.8. The molecule has 1 aliphatic heterocycles. The molecule has 0 atom stereocenters. The molecule has 0 unspecified atom stereocenters. The lowest BCUT2D eigenvalue weighted by Crippen LogP contribution is -2.19. The highest BCUT2D eigenvalue weighted by molar-refractivity contribution is 6.05. The average Bonchev–Trinajstić information content (AvgIpc) is 3.49. The van der Waals surface area contributed by atoms with Crippen LogP contribution in [0.25, 0.3) is 16.7 Å². The molecule has 2 heterocycles. The molecule has 0 spiro atoms. The van der Waals surface area contributed by atoms with E-state index in [9.17, 15) is 14.9 Å². The molecule has 1 aromatic heterocycles. The molecule has 4 aromatic rings. The van der Waals surface area contributed by atoms with E-state index in [0.29, 0.717) is 22.4 Å². The summed E-state index contributed by atoms with van der Waals surface area (Å²) in [7, 11) is 0. The zero-order valence-electron chi connectivity index (χ0n) is 17.1. The summed E-state index contributed by atoms with van der Waals surface area (Å²) in [6, 6.07) is 19.4. The van der Waals surface area contributed by atoms with E-state index in [2.05, 4.69) is 15.5 Å². The molecule has 9 nitrogen and oxygen atoms in total. The zero-order chi connectivity index (χ0) is 22.1. The number of nitro benzene ring substituents is 1. The molecule has 0 saturated carbocycles. The number of carbonyl (C=O) groups excluding carboxylic acids is 1. The van der Waals surface area contributed by atoms with Crippen molar-refractivity contribution in [1.29, 1.82) is 0 Å². The largest absolute Gasteiger partial charge is 0.366 e. The van der Waals surface area contributed by atoms with Gasteiger partial charge in [-0.2, -0.15) is 4.80 Å². The summed E-state index contributed by atoms with van der Waals surface area (Å²) in [6.45, 7) is 1.58. The summed E-state index contributed by atoms with van der Waals surface area (Å²) in [4.78, 5) is 27.5. The van der Waals surface area contributed by atoms with Gasteiger partial charge in [0.1, 0.15) is 16.7 Å². The highest BCUT2D eigenvalue weighted by Gasteiger charge is 2.24. The molecule has 0 aliphatic carbocycles. The molecule has 160 valence electrons. The number of benzene rings is 3. The molecular weight excluding hydrogens is 408 g/mol. The van der Waals surface area contributed by atoms with Crippen LogP contribution in [0.5, 0.6) is 0 Å². The molecule has 3 aromatic carbocycles. The summed E-state index contributed by atoms with van der Waals surface area (Å²) in [5, 5.41) is 23.3. The van der Waals surface area contributed by atoms with Gasteiger partial charge in [-0.1, -0.05) is 18.2 Å². The van der Waals surface area contributed by atoms with Gasteiger partial charge in [0.15, 0.2) is 0 Å². The van der Waals surface area contributed by atoms with Crippen molar-refractivity contribution in [2.45, 2.75) is 12.8 Å². The molecule has 1 fully saturated rings. The Bertz CT molecular complexity index is 1310. The highest BCUT2D eigenvalue weighted by Crippen LogP contribution is 2.32. The van der Waals surface area contributed by atoms with Crippen molar-refractivity contribution in [2.75, 3.05) is 23.3 Å². The molecule has 32 heavy (non-hydrogen) atoms. The molecule has 1 saturated heterocycles. The van der Waals surface area contributed by atoms with Crippen LogP contribution in [-0.2, 0) is 0 Å². The quantitative estimate of drug-likeness (QED) is 0.378. The van der Waals surface area contributed by atoms with Crippen LogP contribution < -0.4 is 10.2 Å². The van der Waals surface area contributed by atoms with Gasteiger partial charge in [-0.05, 0) is 55.3 Å². The Morgan fingerprint density at radius 2 is 1.69 bits per heavy atom. The Morgan fingerprint density at radius 1 is 0.938 bits per heavy atom. The molecule has 1 N–H and O–H groups in total. The van der Waals surface area contributed by atoms with E-state index in [-0.39, 0.29) is 11.3 Å². The zero-order valence-corrected chi connectivity index (χ0v) is 17.1. The first-order valence-electron chi connectivity index (χ1n) is 10.4. The third-order valence-electron chi connectivity index (χ3n) is 5.51. The second kappa shape index (κ2) is 8.10. The Morgan fingerprint density at radius 3 is 2.44 bits per heavy atom. The van der Waals surface area contributed by atoms with E-state index < -0.39 is 10.8 Å². The Kier molecular flexibility index (Phi) is 4.98. The lowest BCUT2D eigenvalue weighted by atomic mass is 10.1. The van der Waals surface area contributed by atoms with Crippen LogP contribution in [0.1, 0.15) is 23.2 Å². The topological polar surface area (TPSA) is 106 Å². The number of carbonyl (C=O) groups is 1. The van der Waals surface area contributed by atoms with Crippen LogP contribution in [0.15, 0.2) is 66.7 Å². The average molecular weight is 428 g/mol. The minimum absolute atomic E-state index is 0.0548. The number of para-hydroxylation sites is 1. The first-order valence-corrected chi connectivity index (χ1v) is 10.4. The van der Waals surface area contributed by atoms with Crippen molar-refractivity contribution in [3.8, 4) is 5.69 Å². The number of fused-ring (bicyclic) bond motifs is 1. The number of nitrogens with one attached hydrogen (secondary N) is 1. The molecular formula is C23H20N6O3. The number of anilines is 2. The van der Waals surface area contributed by atoms with Crippen molar-refractivity contribution >= 4 is 34.0 Å². The van der Waals surface area contributed by atoms with Gasteiger partial charge in [0.05, 0.1) is 10.6 Å². The predicted molar refractivity (Wildman–Crippen MR) is 121 cm³/mol. The molecule has 1 aliphatic rings. The molecule has 5 rings (SSSR count). The molecule has 0 radical (unpaired) electrons. The highest BCUT2D eigenvalue weighted by atomic mass is 16.6. The van der Waals surface area contributed by atoms with Gasteiger partial charge in [-0.15, -0.1) is 10.2 Å². The number of hydrogen-bond acceptors (Lipinski definition) is 6. The van der Waals surface area contributed by atoms with Crippen LogP contribution in [0.3, 0.4) is 0 Å². The fraction of sp³-hybridized carbons (Fsp3) is 0.174. The van der Waals surface area contributed by atoms with Crippen LogP contribution in [0.2, 0.25) is 0 Å². The summed E-state index contributed by atoms with van der Waals surface area (Å²) in [6.07, 6.45) is 2.02. The van der Waals surface area contributed by atoms with Gasteiger partial charge in [-0.25, -0.2) is 0 Å². The van der Waals surface area contributed by atoms with Crippen LogP contribution >= 0.6 is 0 Å². The lowest BCUT2D eigenvalue weighted by molar-refractivity contribution is -0.384. The molecule has 1 amide bonds. The first-order chi connectivity index (χ1) is 15.6. The number of amides is 1. The van der Waals surface area contributed by atoms with Gasteiger partial charge >= 0.3 is 0 Å². The predicted octanol–water partition coefficient (Wildman–Crippen LogP) is 4.18. The minimum atomic E-state index is -0.432. The Balaban J connectivity index is 1.39. The second-order valence-electron chi connectivity index (χ2n) is 7.64. The first kappa shape index (κ1) is 19.7. The minimum Gasteiger partial charge on any atom is -0.366 e. The van der Waals surface area contributed by atoms with Crippen molar-refractivity contribution < 1.29 is 9.72 Å². The fourth-order valence-corrected chi connectivity index (χ4v) is 3.91.